The summed E-state index contributed by atoms with van der Waals surface area (Å²) >= 11 is 0. The molecule has 2 unspecified atom stereocenters. The Balaban J connectivity index is 3.31. The summed E-state index contributed by atoms with van der Waals surface area (Å²) in [6, 6.07) is 3.43. The lowest BCUT2D eigenvalue weighted by atomic mass is 10.3. The minimum absolute atomic E-state index is 0.0406. The fourth-order valence-corrected chi connectivity index (χ4v) is 5.52. The molecule has 4 atom stereocenters. The molecule has 15 heteroatoms. The number of hydrogen-bond donors (Lipinski definition) is 1. The first-order valence-corrected chi connectivity index (χ1v) is 15.8. The summed E-state index contributed by atoms with van der Waals surface area (Å²) in [5.41, 5.74) is -1.23. The summed E-state index contributed by atoms with van der Waals surface area (Å²) in [6.45, 7) is 10.2. The molecule has 0 aliphatic rings. The zero-order valence-electron chi connectivity index (χ0n) is 23.8. The maximum Gasteiger partial charge on any atom is 0.330 e. The molecular formula is C24H42N4O9P2. The quantitative estimate of drug-likeness (QED) is 0.175. The van der Waals surface area contributed by atoms with Crippen LogP contribution in [0.5, 0.6) is 0 Å². The van der Waals surface area contributed by atoms with Crippen molar-refractivity contribution < 1.29 is 32.3 Å². The zero-order chi connectivity index (χ0) is 29.4. The molecule has 0 fully saturated rings. The lowest BCUT2D eigenvalue weighted by Gasteiger charge is -2.36. The molecule has 222 valence electrons. The number of aromatic nitrogens is 2. The van der Waals surface area contributed by atoms with Crippen LogP contribution >= 0.6 is 15.9 Å². The Morgan fingerprint density at radius 2 is 1.82 bits per heavy atom. The Hall–Kier alpha value is -1.71. The normalized spacial score (nSPS) is 16.0. The van der Waals surface area contributed by atoms with Crippen LogP contribution in [0, 0.1) is 11.3 Å². The van der Waals surface area contributed by atoms with Crippen molar-refractivity contribution in [1.82, 2.24) is 14.2 Å². The monoisotopic (exact) mass is 592 g/mol. The molecule has 1 aromatic heterocycles. The van der Waals surface area contributed by atoms with Gasteiger partial charge in [0.2, 0.25) is 7.37 Å². The first-order valence-electron chi connectivity index (χ1n) is 12.5. The molecule has 0 amide bonds. The van der Waals surface area contributed by atoms with E-state index in [-0.39, 0.29) is 44.9 Å². The minimum Gasteiger partial charge on any atom is -0.382 e. The van der Waals surface area contributed by atoms with Crippen LogP contribution < -0.4 is 11.2 Å². The van der Waals surface area contributed by atoms with Crippen LogP contribution in [0.15, 0.2) is 33.7 Å². The molecule has 0 spiro atoms. The lowest BCUT2D eigenvalue weighted by Crippen LogP contribution is -2.37. The van der Waals surface area contributed by atoms with Crippen molar-refractivity contribution in [2.75, 3.05) is 53.9 Å². The van der Waals surface area contributed by atoms with Crippen molar-refractivity contribution in [3.05, 3.63) is 45.0 Å². The Bertz CT molecular complexity index is 1060. The van der Waals surface area contributed by atoms with E-state index in [9.17, 15) is 14.2 Å². The van der Waals surface area contributed by atoms with E-state index in [1.807, 2.05) is 27.7 Å². The molecule has 0 radical (unpaired) electrons. The summed E-state index contributed by atoms with van der Waals surface area (Å²) in [5, 5.41) is 8.96. The van der Waals surface area contributed by atoms with Gasteiger partial charge < -0.3 is 27.8 Å². The van der Waals surface area contributed by atoms with E-state index in [1.54, 1.807) is 6.08 Å². The highest BCUT2D eigenvalue weighted by Crippen LogP contribution is 2.47. The van der Waals surface area contributed by atoms with Crippen LogP contribution in [0.2, 0.25) is 0 Å². The van der Waals surface area contributed by atoms with E-state index >= 15 is 0 Å². The largest absolute Gasteiger partial charge is 0.382 e. The smallest absolute Gasteiger partial charge is 0.330 e. The van der Waals surface area contributed by atoms with Gasteiger partial charge in [-0.15, -0.1) is 0 Å². The summed E-state index contributed by atoms with van der Waals surface area (Å²) in [6.07, 6.45) is 1.26. The van der Waals surface area contributed by atoms with E-state index in [0.717, 1.165) is 0 Å². The summed E-state index contributed by atoms with van der Waals surface area (Å²) in [4.78, 5) is 26.4. The van der Waals surface area contributed by atoms with Gasteiger partial charge in [0.05, 0.1) is 45.5 Å². The molecule has 13 nitrogen and oxygen atoms in total. The van der Waals surface area contributed by atoms with Gasteiger partial charge >= 0.3 is 5.69 Å². The topological polar surface area (TPSA) is 154 Å². The molecule has 1 aromatic rings. The van der Waals surface area contributed by atoms with Crippen molar-refractivity contribution in [2.45, 2.75) is 58.5 Å². The fraction of sp³-hybridized carbons (Fsp3) is 0.708. The number of methoxy groups -OCH3 is 1. The van der Waals surface area contributed by atoms with Crippen LogP contribution in [0.1, 0.15) is 40.3 Å². The van der Waals surface area contributed by atoms with Gasteiger partial charge in [-0.3, -0.25) is 18.9 Å². The van der Waals surface area contributed by atoms with Crippen molar-refractivity contribution in [1.29, 1.82) is 5.26 Å². The van der Waals surface area contributed by atoms with Crippen LogP contribution in [0.3, 0.4) is 0 Å². The predicted octanol–water partition coefficient (Wildman–Crippen LogP) is 3.44. The zero-order valence-corrected chi connectivity index (χ0v) is 25.6. The molecule has 1 rings (SSSR count). The SMILES string of the molecule is COCCOC[C@@H](O[C@H](/C=C/P(C)(=O)OC)COP(OCCC#N)N(C(C)C)C(C)C)n1ccc(=O)[nH]c1=O. The third-order valence-electron chi connectivity index (χ3n) is 5.13. The molecule has 1 heterocycles. The van der Waals surface area contributed by atoms with E-state index in [2.05, 4.69) is 15.7 Å². The molecule has 0 saturated heterocycles. The number of nitrogens with one attached hydrogen (secondary N) is 1. The molecule has 1 N–H and O–H groups in total. The highest BCUT2D eigenvalue weighted by molar-refractivity contribution is 7.61. The molecule has 0 aliphatic carbocycles. The van der Waals surface area contributed by atoms with E-state index in [0.29, 0.717) is 6.61 Å². The van der Waals surface area contributed by atoms with Gasteiger partial charge in [0.1, 0.15) is 6.10 Å². The molecule has 0 aliphatic heterocycles. The van der Waals surface area contributed by atoms with Gasteiger partial charge in [0, 0.05) is 45.2 Å². The maximum absolute atomic E-state index is 12.6. The second-order valence-electron chi connectivity index (χ2n) is 8.99. The Labute approximate surface area is 231 Å². The number of H-pyrrole nitrogens is 1. The number of hydrogen-bond acceptors (Lipinski definition) is 11. The first-order chi connectivity index (χ1) is 18.4. The van der Waals surface area contributed by atoms with Crippen molar-refractivity contribution >= 4 is 15.9 Å². The van der Waals surface area contributed by atoms with E-state index in [4.69, 9.17) is 33.0 Å². The van der Waals surface area contributed by atoms with Gasteiger partial charge in [-0.05, 0) is 39.6 Å². The molecule has 0 saturated carbocycles. The fourth-order valence-electron chi connectivity index (χ4n) is 3.27. The van der Waals surface area contributed by atoms with Gasteiger partial charge in [-0.2, -0.15) is 5.26 Å². The Kier molecular flexibility index (Phi) is 16.8. The molecular weight excluding hydrogens is 550 g/mol. The number of nitriles is 1. The van der Waals surface area contributed by atoms with Crippen LogP contribution in [0.25, 0.3) is 0 Å². The number of aromatic amines is 1. The molecule has 39 heavy (non-hydrogen) atoms. The van der Waals surface area contributed by atoms with Crippen molar-refractivity contribution in [2.24, 2.45) is 0 Å². The lowest BCUT2D eigenvalue weighted by molar-refractivity contribution is -0.0969. The number of ether oxygens (including phenoxy) is 3. The predicted molar refractivity (Wildman–Crippen MR) is 149 cm³/mol. The van der Waals surface area contributed by atoms with Gasteiger partial charge in [-0.1, -0.05) is 0 Å². The van der Waals surface area contributed by atoms with Crippen molar-refractivity contribution in [3.63, 3.8) is 0 Å². The van der Waals surface area contributed by atoms with Crippen LogP contribution in [-0.2, 0) is 32.3 Å². The Morgan fingerprint density at radius 1 is 1.13 bits per heavy atom. The summed E-state index contributed by atoms with van der Waals surface area (Å²) < 4.78 is 49.9. The third kappa shape index (κ3) is 13.5. The first kappa shape index (κ1) is 35.3. The summed E-state index contributed by atoms with van der Waals surface area (Å²) in [5.74, 6) is 1.40. The standard InChI is InChI=1S/C24H42N4O9P2/c1-19(2)28(20(3)4)38(35-13-8-11-25)36-17-21(10-16-39(7,31)33-6)37-23(18-34-15-14-32-5)27-12-9-22(29)26-24(27)30/h9-10,12,16,19-21,23H,8,13-15,17-18H2,1-7H3,(H,26,29,30)/b16-10+/t21-,23-,38?,39?/m1/s1. The highest BCUT2D eigenvalue weighted by Gasteiger charge is 2.29. The van der Waals surface area contributed by atoms with Gasteiger partial charge in [0.25, 0.3) is 14.1 Å². The second-order valence-corrected chi connectivity index (χ2v) is 12.9. The average molecular weight is 593 g/mol. The highest BCUT2D eigenvalue weighted by atomic mass is 31.2. The van der Waals surface area contributed by atoms with Crippen LogP contribution in [-0.4, -0.2) is 86.3 Å². The minimum atomic E-state index is -3.06. The average Bonchev–Trinajstić information content (AvgIpc) is 2.86. The third-order valence-corrected chi connectivity index (χ3v) is 8.64. The number of rotatable bonds is 20. The molecule has 0 bridgehead atoms. The number of nitrogens with zero attached hydrogens (tertiary/aromatic N) is 3. The maximum atomic E-state index is 12.6. The van der Waals surface area contributed by atoms with Gasteiger partial charge in [-0.25, -0.2) is 9.46 Å². The summed E-state index contributed by atoms with van der Waals surface area (Å²) in [7, 11) is -1.77. The van der Waals surface area contributed by atoms with Gasteiger partial charge in [0.15, 0.2) is 6.23 Å². The van der Waals surface area contributed by atoms with Crippen molar-refractivity contribution in [3.8, 4) is 6.07 Å². The van der Waals surface area contributed by atoms with E-state index in [1.165, 1.54) is 43.5 Å². The second kappa shape index (κ2) is 18.6. The van der Waals surface area contributed by atoms with E-state index < -0.39 is 39.5 Å². The Morgan fingerprint density at radius 3 is 2.38 bits per heavy atom. The van der Waals surface area contributed by atoms with Crippen LogP contribution in [0.4, 0.5) is 0 Å². The molecule has 0 aromatic carbocycles.